The molecule has 0 aliphatic carbocycles. The Balaban J connectivity index is 0.792. The Bertz CT molecular complexity index is 3120. The smallest absolute Gasteiger partial charge is 0.355 e. The third-order valence-electron chi connectivity index (χ3n) is 10.6. The van der Waals surface area contributed by atoms with E-state index >= 15 is 0 Å². The van der Waals surface area contributed by atoms with Crippen LogP contribution in [0.1, 0.15) is 44.8 Å². The van der Waals surface area contributed by atoms with Crippen LogP contribution >= 0.6 is 11.6 Å². The van der Waals surface area contributed by atoms with Crippen LogP contribution in [0.5, 0.6) is 0 Å². The Labute approximate surface area is 385 Å². The van der Waals surface area contributed by atoms with Crippen molar-refractivity contribution in [3.63, 3.8) is 0 Å². The predicted molar refractivity (Wildman–Crippen MR) is 231 cm³/mol. The van der Waals surface area contributed by atoms with Gasteiger partial charge in [0.2, 0.25) is 23.7 Å². The molecule has 1 atom stereocenters. The molecule has 2 aliphatic heterocycles. The monoisotopic (exact) mass is 962 g/mol. The standard InChI is InChI=1S/C42H38ClF3N12O10/c1-54-17-23-14-32(26(43)15-31(23)52-54)48-40-50-41(64)57(42(65)56(40)18-22-13-28(45)29(46)16-27(22)44)20-24-19-55(53-51-24)7-8-66-9-10-67-11-12-68-21-35(60)47-30-4-2-3-25-36(30)39(63)58(38(25)62)33-5-6-34(59)49-37(33)61/h2-4,13-17,19,33H,5-12,18,20-21H2,1H3,(H,47,60)(H,48,50,64)(H,49,59,61). The Morgan fingerprint density at radius 1 is 0.868 bits per heavy atom. The second kappa shape index (κ2) is 20.1. The quantitative estimate of drug-likeness (QED) is 0.0595. The predicted octanol–water partition coefficient (Wildman–Crippen LogP) is 1.88. The lowest BCUT2D eigenvalue weighted by molar-refractivity contribution is -0.136. The minimum absolute atomic E-state index is 0.0102. The first-order chi connectivity index (χ1) is 32.6. The van der Waals surface area contributed by atoms with Gasteiger partial charge in [0.1, 0.15) is 24.2 Å². The van der Waals surface area contributed by atoms with Gasteiger partial charge in [0.15, 0.2) is 11.6 Å². The van der Waals surface area contributed by atoms with E-state index in [2.05, 4.69) is 36.3 Å². The molecule has 5 heterocycles. The molecule has 1 fully saturated rings. The van der Waals surface area contributed by atoms with Crippen LogP contribution in [0.3, 0.4) is 0 Å². The minimum Gasteiger partial charge on any atom is -0.377 e. The highest BCUT2D eigenvalue weighted by atomic mass is 35.5. The van der Waals surface area contributed by atoms with Gasteiger partial charge in [-0.3, -0.25) is 43.4 Å². The highest BCUT2D eigenvalue weighted by Gasteiger charge is 2.45. The largest absolute Gasteiger partial charge is 0.377 e. The van der Waals surface area contributed by atoms with Crippen LogP contribution in [-0.2, 0) is 55.3 Å². The molecular weight excluding hydrogens is 925 g/mol. The number of carbonyl (C=O) groups excluding carboxylic acids is 5. The van der Waals surface area contributed by atoms with Crippen molar-refractivity contribution >= 4 is 69.4 Å². The van der Waals surface area contributed by atoms with Crippen LogP contribution in [-0.4, -0.2) is 119 Å². The minimum atomic E-state index is -1.43. The lowest BCUT2D eigenvalue weighted by atomic mass is 10.0. The molecule has 6 aromatic rings. The SMILES string of the molecule is Cn1cc2cc(Nc3nc(=O)n(Cc4cn(CCOCCOCCOCC(=O)Nc5cccc6c5C(=O)N(C5CCC(=O)NC5=O)C6=O)nn4)c(=O)n3Cc3cc(F)c(F)cc3F)c(Cl)cc2n1. The first kappa shape index (κ1) is 46.9. The average molecular weight is 963 g/mol. The number of imide groups is 2. The molecule has 3 N–H and O–H groups in total. The zero-order valence-corrected chi connectivity index (χ0v) is 36.4. The number of hydrogen-bond donors (Lipinski definition) is 3. The van der Waals surface area contributed by atoms with Crippen molar-refractivity contribution in [2.75, 3.05) is 50.3 Å². The lowest BCUT2D eigenvalue weighted by Crippen LogP contribution is -2.54. The fourth-order valence-electron chi connectivity index (χ4n) is 7.39. The number of hydrogen-bond acceptors (Lipinski definition) is 15. The van der Waals surface area contributed by atoms with Gasteiger partial charge in [0.25, 0.3) is 11.8 Å². The summed E-state index contributed by atoms with van der Waals surface area (Å²) in [5.41, 5.74) is -1.45. The molecular formula is C42H38ClF3N12O10. The number of halogens is 4. The molecule has 68 heavy (non-hydrogen) atoms. The van der Waals surface area contributed by atoms with Crippen molar-refractivity contribution in [3.05, 3.63) is 121 Å². The van der Waals surface area contributed by atoms with Crippen LogP contribution in [0.2, 0.25) is 5.02 Å². The van der Waals surface area contributed by atoms with Crippen LogP contribution < -0.4 is 27.3 Å². The van der Waals surface area contributed by atoms with Crippen LogP contribution in [0, 0.1) is 17.5 Å². The number of ether oxygens (including phenoxy) is 3. The number of piperidine rings is 1. The number of aromatic nitrogens is 8. The van der Waals surface area contributed by atoms with Crippen molar-refractivity contribution in [1.29, 1.82) is 0 Å². The van der Waals surface area contributed by atoms with E-state index < -0.39 is 89.7 Å². The number of nitrogens with one attached hydrogen (secondary N) is 3. The maximum atomic E-state index is 14.9. The Kier molecular flexibility index (Phi) is 13.9. The Morgan fingerprint density at radius 2 is 1.62 bits per heavy atom. The molecule has 1 saturated heterocycles. The van der Waals surface area contributed by atoms with Gasteiger partial charge < -0.3 is 24.8 Å². The maximum absolute atomic E-state index is 14.9. The van der Waals surface area contributed by atoms with Crippen molar-refractivity contribution in [2.45, 2.75) is 38.5 Å². The van der Waals surface area contributed by atoms with Crippen molar-refractivity contribution in [3.8, 4) is 0 Å². The van der Waals surface area contributed by atoms with E-state index in [1.54, 1.807) is 30.1 Å². The van der Waals surface area contributed by atoms with Gasteiger partial charge >= 0.3 is 11.4 Å². The summed E-state index contributed by atoms with van der Waals surface area (Å²) in [5.74, 6) is -7.61. The van der Waals surface area contributed by atoms with Gasteiger partial charge in [-0.25, -0.2) is 32.0 Å². The topological polar surface area (TPSA) is 258 Å². The van der Waals surface area contributed by atoms with Crippen molar-refractivity contribution in [2.24, 2.45) is 7.05 Å². The van der Waals surface area contributed by atoms with Gasteiger partial charge in [0.05, 0.1) is 91.9 Å². The molecule has 26 heteroatoms. The van der Waals surface area contributed by atoms with Crippen LogP contribution in [0.25, 0.3) is 10.9 Å². The molecule has 0 bridgehead atoms. The number of amides is 5. The Hall–Kier alpha value is -7.61. The molecule has 2 aliphatic rings. The van der Waals surface area contributed by atoms with Gasteiger partial charge in [-0.15, -0.1) is 5.10 Å². The first-order valence-electron chi connectivity index (χ1n) is 20.7. The number of nitrogens with zero attached hydrogens (tertiary/aromatic N) is 9. The van der Waals surface area contributed by atoms with Gasteiger partial charge in [-0.05, 0) is 36.8 Å². The first-order valence-corrected chi connectivity index (χ1v) is 21.0. The summed E-state index contributed by atoms with van der Waals surface area (Å²) in [6.07, 6.45) is 3.13. The number of aryl methyl sites for hydroxylation is 1. The number of carbonyl (C=O) groups is 5. The van der Waals surface area contributed by atoms with E-state index in [1.807, 2.05) is 0 Å². The second-order valence-electron chi connectivity index (χ2n) is 15.3. The van der Waals surface area contributed by atoms with Crippen molar-refractivity contribution in [1.82, 2.24) is 49.1 Å². The van der Waals surface area contributed by atoms with E-state index in [0.29, 0.717) is 27.6 Å². The molecule has 1 unspecified atom stereocenters. The van der Waals surface area contributed by atoms with E-state index in [9.17, 15) is 46.7 Å². The maximum Gasteiger partial charge on any atom is 0.355 e. The molecule has 0 spiro atoms. The molecule has 5 amide bonds. The van der Waals surface area contributed by atoms with E-state index in [4.69, 9.17) is 25.8 Å². The molecule has 3 aromatic carbocycles. The summed E-state index contributed by atoms with van der Waals surface area (Å²) in [5, 5.41) is 20.6. The van der Waals surface area contributed by atoms with Gasteiger partial charge in [0, 0.05) is 36.7 Å². The number of fused-ring (bicyclic) bond motifs is 2. The zero-order valence-electron chi connectivity index (χ0n) is 35.7. The van der Waals surface area contributed by atoms with E-state index in [0.717, 1.165) is 9.47 Å². The molecule has 8 rings (SSSR count). The molecule has 0 radical (unpaired) electrons. The highest BCUT2D eigenvalue weighted by Crippen LogP contribution is 2.33. The summed E-state index contributed by atoms with van der Waals surface area (Å²) < 4.78 is 63.8. The zero-order chi connectivity index (χ0) is 48.2. The molecule has 3 aromatic heterocycles. The lowest BCUT2D eigenvalue weighted by Gasteiger charge is -2.27. The molecule has 0 saturated carbocycles. The average Bonchev–Trinajstić information content (AvgIpc) is 3.97. The fraction of sp³-hybridized carbons (Fsp3) is 0.310. The fourth-order valence-corrected chi connectivity index (χ4v) is 7.60. The summed E-state index contributed by atoms with van der Waals surface area (Å²) in [6, 6.07) is 7.27. The number of rotatable bonds is 19. The van der Waals surface area contributed by atoms with E-state index in [1.165, 1.54) is 29.1 Å². The summed E-state index contributed by atoms with van der Waals surface area (Å²) >= 11 is 6.47. The number of anilines is 3. The highest BCUT2D eigenvalue weighted by molar-refractivity contribution is 6.34. The third-order valence-corrected chi connectivity index (χ3v) is 10.9. The van der Waals surface area contributed by atoms with E-state index in [-0.39, 0.29) is 91.6 Å². The van der Waals surface area contributed by atoms with Crippen LogP contribution in [0.15, 0.2) is 64.4 Å². The van der Waals surface area contributed by atoms with Crippen LogP contribution in [0.4, 0.5) is 30.5 Å². The van der Waals surface area contributed by atoms with Crippen molar-refractivity contribution < 1.29 is 51.4 Å². The number of benzene rings is 3. The summed E-state index contributed by atoms with van der Waals surface area (Å²) in [7, 11) is 1.71. The second-order valence-corrected chi connectivity index (χ2v) is 15.7. The van der Waals surface area contributed by atoms with Gasteiger partial charge in [-0.1, -0.05) is 22.9 Å². The normalized spacial score (nSPS) is 14.8. The molecule has 22 nitrogen and oxygen atoms in total. The third kappa shape index (κ3) is 10.2. The summed E-state index contributed by atoms with van der Waals surface area (Å²) in [4.78, 5) is 94.9. The summed E-state index contributed by atoms with van der Waals surface area (Å²) in [6.45, 7) is -0.626. The molecule has 354 valence electrons. The Morgan fingerprint density at radius 3 is 2.40 bits per heavy atom. The van der Waals surface area contributed by atoms with Gasteiger partial charge in [-0.2, -0.15) is 10.1 Å².